The first kappa shape index (κ1) is 16.9. The van der Waals surface area contributed by atoms with Gasteiger partial charge in [-0.1, -0.05) is 82.7 Å². The fourth-order valence-electron chi connectivity index (χ4n) is 5.24. The first-order chi connectivity index (χ1) is 13.2. The molecule has 0 amide bonds. The van der Waals surface area contributed by atoms with E-state index < -0.39 is 4.32 Å². The van der Waals surface area contributed by atoms with Gasteiger partial charge in [-0.05, 0) is 42.4 Å². The topological polar surface area (TPSA) is 30.0 Å². The number of fused-ring (bicyclic) bond motifs is 1. The van der Waals surface area contributed by atoms with Gasteiger partial charge in [0.15, 0.2) is 5.78 Å². The van der Waals surface area contributed by atoms with Crippen molar-refractivity contribution in [2.75, 3.05) is 0 Å². The summed E-state index contributed by atoms with van der Waals surface area (Å²) in [5, 5.41) is 0. The highest BCUT2D eigenvalue weighted by atomic mass is 79.9. The van der Waals surface area contributed by atoms with E-state index >= 15 is 0 Å². The number of halogens is 1. The summed E-state index contributed by atoms with van der Waals surface area (Å²) in [5.74, 6) is 1.07. The van der Waals surface area contributed by atoms with Crippen LogP contribution in [0.5, 0.6) is 0 Å². The third kappa shape index (κ3) is 2.45. The molecule has 2 aromatic carbocycles. The van der Waals surface area contributed by atoms with Gasteiger partial charge < -0.3 is 0 Å². The van der Waals surface area contributed by atoms with Crippen molar-refractivity contribution in [3.63, 3.8) is 0 Å². The fraction of sp³-hybridized carbons (Fsp3) is 0.250. The third-order valence-corrected chi connectivity index (χ3v) is 7.42. The fourth-order valence-corrected chi connectivity index (χ4v) is 6.16. The van der Waals surface area contributed by atoms with Crippen molar-refractivity contribution in [2.24, 2.45) is 11.8 Å². The van der Waals surface area contributed by atoms with Crippen LogP contribution in [0.4, 0.5) is 0 Å². The van der Waals surface area contributed by atoms with Crippen molar-refractivity contribution in [3.8, 4) is 0 Å². The van der Waals surface area contributed by atoms with Crippen LogP contribution in [0, 0.1) is 11.8 Å². The highest BCUT2D eigenvalue weighted by molar-refractivity contribution is 9.10. The summed E-state index contributed by atoms with van der Waals surface area (Å²) in [7, 11) is 0. The largest absolute Gasteiger partial charge is 0.293 e. The van der Waals surface area contributed by atoms with Crippen molar-refractivity contribution in [2.45, 2.75) is 22.6 Å². The number of benzene rings is 2. The Kier molecular flexibility index (Phi) is 3.83. The molecule has 0 aliphatic heterocycles. The van der Waals surface area contributed by atoms with Crippen molar-refractivity contribution in [1.29, 1.82) is 0 Å². The van der Waals surface area contributed by atoms with Crippen LogP contribution in [0.2, 0.25) is 0 Å². The number of aromatic nitrogens is 1. The first-order valence-electron chi connectivity index (χ1n) is 9.42. The Morgan fingerprint density at radius 2 is 1.44 bits per heavy atom. The maximum absolute atomic E-state index is 13.2. The quantitative estimate of drug-likeness (QED) is 0.418. The van der Waals surface area contributed by atoms with E-state index in [1.165, 1.54) is 5.56 Å². The molecule has 2 unspecified atom stereocenters. The average molecular weight is 418 g/mol. The minimum Gasteiger partial charge on any atom is -0.293 e. The van der Waals surface area contributed by atoms with Gasteiger partial charge in [-0.2, -0.15) is 0 Å². The minimum absolute atomic E-state index is 0.0588. The lowest BCUT2D eigenvalue weighted by Crippen LogP contribution is -2.34. The van der Waals surface area contributed by atoms with Gasteiger partial charge in [-0.15, -0.1) is 0 Å². The normalized spacial score (nSPS) is 31.3. The average Bonchev–Trinajstić information content (AvgIpc) is 3.18. The van der Waals surface area contributed by atoms with Gasteiger partial charge in [0.05, 0.1) is 10.0 Å². The van der Waals surface area contributed by atoms with E-state index in [0.29, 0.717) is 11.8 Å². The summed E-state index contributed by atoms with van der Waals surface area (Å²) in [6.07, 6.45) is 3.57. The summed E-state index contributed by atoms with van der Waals surface area (Å²) in [6.45, 7) is 0. The second-order valence-corrected chi connectivity index (χ2v) is 9.25. The van der Waals surface area contributed by atoms with Crippen LogP contribution in [-0.4, -0.2) is 15.1 Å². The van der Waals surface area contributed by atoms with Crippen LogP contribution in [0.1, 0.15) is 34.5 Å². The Hall–Kier alpha value is -2.26. The molecule has 1 aromatic heterocycles. The highest BCUT2D eigenvalue weighted by Crippen LogP contribution is 2.74. The minimum atomic E-state index is -0.462. The molecule has 0 N–H and O–H groups in total. The second-order valence-electron chi connectivity index (χ2n) is 7.73. The van der Waals surface area contributed by atoms with Crippen LogP contribution in [0.25, 0.3) is 0 Å². The van der Waals surface area contributed by atoms with E-state index in [1.807, 2.05) is 42.6 Å². The van der Waals surface area contributed by atoms with Gasteiger partial charge in [0, 0.05) is 17.2 Å². The van der Waals surface area contributed by atoms with Gasteiger partial charge in [-0.3, -0.25) is 9.78 Å². The molecule has 3 heteroatoms. The number of pyridine rings is 1. The van der Waals surface area contributed by atoms with E-state index in [0.717, 1.165) is 24.1 Å². The van der Waals surface area contributed by atoms with Crippen LogP contribution < -0.4 is 0 Å². The van der Waals surface area contributed by atoms with E-state index in [4.69, 9.17) is 4.98 Å². The van der Waals surface area contributed by atoms with Crippen molar-refractivity contribution >= 4 is 21.7 Å². The number of hydrogen-bond acceptors (Lipinski definition) is 2. The molecule has 134 valence electrons. The van der Waals surface area contributed by atoms with Gasteiger partial charge in [0.1, 0.15) is 0 Å². The van der Waals surface area contributed by atoms with Gasteiger partial charge in [-0.25, -0.2) is 0 Å². The van der Waals surface area contributed by atoms with Crippen LogP contribution in [0.3, 0.4) is 0 Å². The zero-order valence-electron chi connectivity index (χ0n) is 14.9. The molecular weight excluding hydrogens is 398 g/mol. The molecule has 2 nitrogen and oxygen atoms in total. The third-order valence-electron chi connectivity index (χ3n) is 6.42. The Labute approximate surface area is 167 Å². The van der Waals surface area contributed by atoms with E-state index in [2.05, 4.69) is 58.4 Å². The summed E-state index contributed by atoms with van der Waals surface area (Å²) < 4.78 is -0.462. The molecule has 0 radical (unpaired) electrons. The lowest BCUT2D eigenvalue weighted by atomic mass is 9.79. The first-order valence-corrected chi connectivity index (χ1v) is 10.2. The summed E-state index contributed by atoms with van der Waals surface area (Å²) >= 11 is 3.85. The second kappa shape index (κ2) is 6.13. The van der Waals surface area contributed by atoms with Crippen molar-refractivity contribution in [3.05, 3.63) is 102 Å². The number of ketones is 1. The number of Topliss-reactive ketones (excluding diaryl/α,β-unsaturated/α-hetero) is 1. The summed E-state index contributed by atoms with van der Waals surface area (Å²) in [6, 6.07) is 26.5. The van der Waals surface area contributed by atoms with Gasteiger partial charge in [0.2, 0.25) is 0 Å². The van der Waals surface area contributed by atoms with Crippen LogP contribution in [0.15, 0.2) is 85.1 Å². The zero-order valence-corrected chi connectivity index (χ0v) is 16.5. The Balaban J connectivity index is 1.51. The Morgan fingerprint density at radius 1 is 0.852 bits per heavy atom. The number of carbonyl (C=O) groups excluding carboxylic acids is 1. The van der Waals surface area contributed by atoms with E-state index in [9.17, 15) is 4.79 Å². The van der Waals surface area contributed by atoms with Crippen molar-refractivity contribution in [1.82, 2.24) is 4.98 Å². The molecule has 2 aliphatic carbocycles. The molecule has 27 heavy (non-hydrogen) atoms. The lowest BCUT2D eigenvalue weighted by Gasteiger charge is -2.29. The maximum atomic E-state index is 13.2. The predicted octanol–water partition coefficient (Wildman–Crippen LogP) is 5.42. The van der Waals surface area contributed by atoms with Crippen molar-refractivity contribution < 1.29 is 4.79 Å². The number of carbonyl (C=O) groups is 1. The molecule has 4 atom stereocenters. The smallest absolute Gasteiger partial charge is 0.179 e. The predicted molar refractivity (Wildman–Crippen MR) is 110 cm³/mol. The molecule has 2 aliphatic rings. The molecule has 0 spiro atoms. The summed E-state index contributed by atoms with van der Waals surface area (Å²) in [5.41, 5.74) is 3.18. The molecule has 0 bridgehead atoms. The molecule has 2 fully saturated rings. The van der Waals surface area contributed by atoms with E-state index in [1.54, 1.807) is 0 Å². The maximum Gasteiger partial charge on any atom is 0.179 e. The summed E-state index contributed by atoms with van der Waals surface area (Å²) in [4.78, 5) is 17.9. The number of alkyl halides is 1. The molecular formula is C24H20BrNO. The van der Waals surface area contributed by atoms with Crippen LogP contribution in [-0.2, 0) is 5.41 Å². The molecule has 5 rings (SSSR count). The molecule has 3 aromatic rings. The molecule has 1 heterocycles. The van der Waals surface area contributed by atoms with Crippen LogP contribution >= 0.6 is 15.9 Å². The number of nitrogens with zero attached hydrogens (tertiary/aromatic N) is 1. The lowest BCUT2D eigenvalue weighted by molar-refractivity contribution is 0.0938. The number of hydrogen-bond donors (Lipinski definition) is 0. The molecule has 2 saturated carbocycles. The Morgan fingerprint density at radius 3 is 2.04 bits per heavy atom. The Bertz CT molecular complexity index is 918. The van der Waals surface area contributed by atoms with E-state index in [-0.39, 0.29) is 11.2 Å². The SMILES string of the molecule is O=C(c1ccccc1)C1(Br)C[C@@H]2[C@H](C1)C2(c1ccccc1)c1ccccn1. The molecule has 0 saturated heterocycles. The monoisotopic (exact) mass is 417 g/mol. The van der Waals surface area contributed by atoms with Gasteiger partial charge in [0.25, 0.3) is 0 Å². The highest BCUT2D eigenvalue weighted by Gasteiger charge is 2.74. The zero-order chi connectivity index (χ0) is 18.5. The van der Waals surface area contributed by atoms with Gasteiger partial charge >= 0.3 is 0 Å². The standard InChI is InChI=1S/C24H20BrNO/c25-23(22(27)17-9-3-1-4-10-17)15-19-20(16-23)24(19,18-11-5-2-6-12-18)21-13-7-8-14-26-21/h1-14,19-20H,15-16H2/t19-,20+,23?,24?. The number of rotatable bonds is 4.